The zero-order valence-corrected chi connectivity index (χ0v) is 14.5. The average Bonchev–Trinajstić information content (AvgIpc) is 2.54. The highest BCUT2D eigenvalue weighted by Crippen LogP contribution is 2.27. The van der Waals surface area contributed by atoms with Crippen LogP contribution in [0.2, 0.25) is 5.02 Å². The minimum Gasteiger partial charge on any atom is -0.495 e. The Bertz CT molecular complexity index is 539. The number of nitrogens with zero attached hydrogens (tertiary/aromatic N) is 1. The molecule has 0 bridgehead atoms. The monoisotopic (exact) mass is 340 g/mol. The van der Waals surface area contributed by atoms with Crippen LogP contribution in [0.15, 0.2) is 18.2 Å². The van der Waals surface area contributed by atoms with Crippen LogP contribution in [0.4, 0.5) is 5.69 Å². The van der Waals surface area contributed by atoms with E-state index >= 15 is 0 Å². The van der Waals surface area contributed by atoms with E-state index < -0.39 is 0 Å². The molecule has 1 aromatic carbocycles. The molecule has 0 spiro atoms. The molecule has 1 saturated heterocycles. The van der Waals surface area contributed by atoms with E-state index in [0.717, 1.165) is 19.4 Å². The molecule has 1 aromatic rings. The van der Waals surface area contributed by atoms with Gasteiger partial charge in [-0.25, -0.2) is 0 Å². The number of methoxy groups -OCH3 is 1. The first-order chi connectivity index (χ1) is 11.0. The van der Waals surface area contributed by atoms with E-state index in [1.807, 2.05) is 0 Å². The molecule has 2 unspecified atom stereocenters. The maximum absolute atomic E-state index is 12.1. The number of aliphatic hydroxyl groups is 1. The van der Waals surface area contributed by atoms with Crippen molar-refractivity contribution in [1.29, 1.82) is 0 Å². The lowest BCUT2D eigenvalue weighted by molar-refractivity contribution is -0.116. The number of likely N-dealkylation sites (tertiary alicyclic amines) is 1. The van der Waals surface area contributed by atoms with Crippen molar-refractivity contribution in [2.45, 2.75) is 32.2 Å². The molecule has 6 heteroatoms. The molecule has 1 amide bonds. The molecule has 1 aliphatic heterocycles. The third-order valence-corrected chi connectivity index (χ3v) is 4.72. The molecule has 0 aliphatic carbocycles. The predicted octanol–water partition coefficient (Wildman–Crippen LogP) is 2.77. The van der Waals surface area contributed by atoms with Gasteiger partial charge in [-0.3, -0.25) is 9.69 Å². The van der Waals surface area contributed by atoms with Gasteiger partial charge in [-0.2, -0.15) is 0 Å². The average molecular weight is 341 g/mol. The predicted molar refractivity (Wildman–Crippen MR) is 92.1 cm³/mol. The van der Waals surface area contributed by atoms with Crippen LogP contribution in [0.5, 0.6) is 5.75 Å². The van der Waals surface area contributed by atoms with Gasteiger partial charge in [0.1, 0.15) is 5.75 Å². The second-order valence-corrected chi connectivity index (χ2v) is 6.52. The van der Waals surface area contributed by atoms with Crippen LogP contribution in [0.1, 0.15) is 26.2 Å². The van der Waals surface area contributed by atoms with E-state index in [1.54, 1.807) is 25.3 Å². The molecular formula is C17H25ClN2O3. The first-order valence-electron chi connectivity index (χ1n) is 8.01. The Morgan fingerprint density at radius 3 is 2.91 bits per heavy atom. The standard InChI is InChI=1S/C17H25ClN2O3/c1-12-3-4-13(11-21)10-20(12)8-7-17(22)19-14-5-6-16(23-2)15(18)9-14/h5-6,9,12-13,21H,3-4,7-8,10-11H2,1-2H3,(H,19,22). The lowest BCUT2D eigenvalue weighted by Gasteiger charge is -2.37. The van der Waals surface area contributed by atoms with Crippen molar-refractivity contribution in [2.75, 3.05) is 32.1 Å². The molecular weight excluding hydrogens is 316 g/mol. The Labute approximate surface area is 142 Å². The molecule has 2 atom stereocenters. The second kappa shape index (κ2) is 8.52. The van der Waals surface area contributed by atoms with Crippen LogP contribution in [-0.4, -0.2) is 48.8 Å². The molecule has 1 fully saturated rings. The van der Waals surface area contributed by atoms with Crippen molar-refractivity contribution in [3.63, 3.8) is 0 Å². The van der Waals surface area contributed by atoms with Gasteiger partial charge in [-0.05, 0) is 43.9 Å². The van der Waals surface area contributed by atoms with Crippen molar-refractivity contribution in [3.8, 4) is 5.75 Å². The van der Waals surface area contributed by atoms with Crippen molar-refractivity contribution < 1.29 is 14.6 Å². The fourth-order valence-electron chi connectivity index (χ4n) is 2.94. The maximum Gasteiger partial charge on any atom is 0.225 e. The number of carbonyl (C=O) groups is 1. The molecule has 0 radical (unpaired) electrons. The third kappa shape index (κ3) is 5.09. The van der Waals surface area contributed by atoms with Crippen LogP contribution >= 0.6 is 11.6 Å². The first kappa shape index (κ1) is 18.0. The Morgan fingerprint density at radius 2 is 2.26 bits per heavy atom. The van der Waals surface area contributed by atoms with Crippen LogP contribution in [-0.2, 0) is 4.79 Å². The van der Waals surface area contributed by atoms with Crippen molar-refractivity contribution >= 4 is 23.2 Å². The Kier molecular flexibility index (Phi) is 6.69. The SMILES string of the molecule is COc1ccc(NC(=O)CCN2CC(CO)CCC2C)cc1Cl. The molecule has 23 heavy (non-hydrogen) atoms. The largest absolute Gasteiger partial charge is 0.495 e. The van der Waals surface area contributed by atoms with Crippen molar-refractivity contribution in [2.24, 2.45) is 5.92 Å². The Morgan fingerprint density at radius 1 is 1.48 bits per heavy atom. The van der Waals surface area contributed by atoms with Gasteiger partial charge in [-0.1, -0.05) is 11.6 Å². The van der Waals surface area contributed by atoms with Gasteiger partial charge in [0.2, 0.25) is 5.91 Å². The third-order valence-electron chi connectivity index (χ3n) is 4.43. The minimum absolute atomic E-state index is 0.0374. The number of halogens is 1. The number of hydrogen-bond donors (Lipinski definition) is 2. The van der Waals surface area contributed by atoms with E-state index in [2.05, 4.69) is 17.1 Å². The molecule has 0 aromatic heterocycles. The van der Waals surface area contributed by atoms with Gasteiger partial charge in [0.15, 0.2) is 0 Å². The number of carbonyl (C=O) groups excluding carboxylic acids is 1. The highest BCUT2D eigenvalue weighted by Gasteiger charge is 2.25. The van der Waals surface area contributed by atoms with E-state index in [-0.39, 0.29) is 12.5 Å². The highest BCUT2D eigenvalue weighted by atomic mass is 35.5. The van der Waals surface area contributed by atoms with Crippen LogP contribution in [0.25, 0.3) is 0 Å². The zero-order valence-electron chi connectivity index (χ0n) is 13.7. The van der Waals surface area contributed by atoms with Crippen LogP contribution < -0.4 is 10.1 Å². The topological polar surface area (TPSA) is 61.8 Å². The number of amides is 1. The van der Waals surface area contributed by atoms with Gasteiger partial charge >= 0.3 is 0 Å². The molecule has 2 rings (SSSR count). The van der Waals surface area contributed by atoms with Crippen LogP contribution in [0.3, 0.4) is 0 Å². The molecule has 1 aliphatic rings. The second-order valence-electron chi connectivity index (χ2n) is 6.12. The number of rotatable bonds is 6. The summed E-state index contributed by atoms with van der Waals surface area (Å²) in [5.41, 5.74) is 0.667. The van der Waals surface area contributed by atoms with E-state index in [4.69, 9.17) is 16.3 Å². The number of hydrogen-bond acceptors (Lipinski definition) is 4. The van der Waals surface area contributed by atoms with Crippen molar-refractivity contribution in [1.82, 2.24) is 4.90 Å². The fraction of sp³-hybridized carbons (Fsp3) is 0.588. The number of benzene rings is 1. The number of anilines is 1. The van der Waals surface area contributed by atoms with E-state index in [0.29, 0.717) is 41.4 Å². The summed E-state index contributed by atoms with van der Waals surface area (Å²) in [6, 6.07) is 5.65. The van der Waals surface area contributed by atoms with E-state index in [1.165, 1.54) is 0 Å². The molecule has 128 valence electrons. The Hall–Kier alpha value is -1.30. The number of aliphatic hydroxyl groups excluding tert-OH is 1. The Balaban J connectivity index is 1.83. The van der Waals surface area contributed by atoms with E-state index in [9.17, 15) is 9.90 Å². The normalized spacial score (nSPS) is 21.9. The molecule has 2 N–H and O–H groups in total. The lowest BCUT2D eigenvalue weighted by Crippen LogP contribution is -2.43. The van der Waals surface area contributed by atoms with Gasteiger partial charge in [-0.15, -0.1) is 0 Å². The quantitative estimate of drug-likeness (QED) is 0.836. The van der Waals surface area contributed by atoms with Gasteiger partial charge < -0.3 is 15.2 Å². The fourth-order valence-corrected chi connectivity index (χ4v) is 3.19. The molecule has 0 saturated carbocycles. The summed E-state index contributed by atoms with van der Waals surface area (Å²) in [7, 11) is 1.55. The molecule has 1 heterocycles. The summed E-state index contributed by atoms with van der Waals surface area (Å²) < 4.78 is 5.09. The zero-order chi connectivity index (χ0) is 16.8. The summed E-state index contributed by atoms with van der Waals surface area (Å²) in [6.07, 6.45) is 2.55. The summed E-state index contributed by atoms with van der Waals surface area (Å²) in [4.78, 5) is 14.4. The summed E-state index contributed by atoms with van der Waals surface area (Å²) in [5.74, 6) is 0.876. The van der Waals surface area contributed by atoms with Crippen molar-refractivity contribution in [3.05, 3.63) is 23.2 Å². The maximum atomic E-state index is 12.1. The van der Waals surface area contributed by atoms with Crippen LogP contribution in [0, 0.1) is 5.92 Å². The lowest BCUT2D eigenvalue weighted by atomic mass is 9.94. The molecule has 5 nitrogen and oxygen atoms in total. The minimum atomic E-state index is -0.0374. The smallest absolute Gasteiger partial charge is 0.225 e. The van der Waals surface area contributed by atoms with Gasteiger partial charge in [0.05, 0.1) is 12.1 Å². The van der Waals surface area contributed by atoms with Gasteiger partial charge in [0.25, 0.3) is 0 Å². The first-order valence-corrected chi connectivity index (χ1v) is 8.39. The van der Waals surface area contributed by atoms with Gasteiger partial charge in [0, 0.05) is 37.8 Å². The number of nitrogens with one attached hydrogen (secondary N) is 1. The summed E-state index contributed by atoms with van der Waals surface area (Å²) in [5, 5.41) is 12.6. The number of ether oxygens (including phenoxy) is 1. The highest BCUT2D eigenvalue weighted by molar-refractivity contribution is 6.32. The number of piperidine rings is 1. The summed E-state index contributed by atoms with van der Waals surface area (Å²) in [6.45, 7) is 3.96. The summed E-state index contributed by atoms with van der Waals surface area (Å²) >= 11 is 6.05.